The molecule has 0 aliphatic rings. The molecule has 1 rings (SSSR count). The summed E-state index contributed by atoms with van der Waals surface area (Å²) in [6.45, 7) is 2.38. The van der Waals surface area contributed by atoms with Gasteiger partial charge in [-0.2, -0.15) is 0 Å². The summed E-state index contributed by atoms with van der Waals surface area (Å²) in [5, 5.41) is 14.2. The lowest BCUT2D eigenvalue weighted by Gasteiger charge is -2.08. The van der Waals surface area contributed by atoms with Crippen molar-refractivity contribution in [3.8, 4) is 0 Å². The first kappa shape index (κ1) is 11.5. The van der Waals surface area contributed by atoms with Crippen LogP contribution in [-0.4, -0.2) is 23.8 Å². The Morgan fingerprint density at radius 2 is 2.00 bits per heavy atom. The molecule has 0 saturated carbocycles. The van der Waals surface area contributed by atoms with Crippen LogP contribution in [0.3, 0.4) is 0 Å². The number of amides is 2. The summed E-state index contributed by atoms with van der Waals surface area (Å²) in [4.78, 5) is 11.2. The lowest BCUT2D eigenvalue weighted by molar-refractivity contribution is 0.187. The molecule has 0 aromatic heterocycles. The van der Waals surface area contributed by atoms with E-state index in [1.807, 2.05) is 30.3 Å². The maximum Gasteiger partial charge on any atom is 0.315 e. The predicted octanol–water partition coefficient (Wildman–Crippen LogP) is 0.867. The number of urea groups is 1. The van der Waals surface area contributed by atoms with Crippen molar-refractivity contribution in [2.24, 2.45) is 0 Å². The van der Waals surface area contributed by atoms with Crippen molar-refractivity contribution in [1.29, 1.82) is 0 Å². The third-order valence-corrected chi connectivity index (χ3v) is 1.85. The van der Waals surface area contributed by atoms with E-state index in [1.54, 1.807) is 6.92 Å². The van der Waals surface area contributed by atoms with E-state index in [4.69, 9.17) is 5.11 Å². The topological polar surface area (TPSA) is 61.4 Å². The van der Waals surface area contributed by atoms with Crippen molar-refractivity contribution < 1.29 is 9.90 Å². The fourth-order valence-corrected chi connectivity index (χ4v) is 1.08. The van der Waals surface area contributed by atoms with Crippen LogP contribution in [0.4, 0.5) is 4.79 Å². The van der Waals surface area contributed by atoms with E-state index in [0.717, 1.165) is 5.56 Å². The summed E-state index contributed by atoms with van der Waals surface area (Å²) >= 11 is 0. The molecule has 2 amide bonds. The molecule has 15 heavy (non-hydrogen) atoms. The van der Waals surface area contributed by atoms with Gasteiger partial charge in [0.05, 0.1) is 6.10 Å². The minimum Gasteiger partial charge on any atom is -0.392 e. The zero-order chi connectivity index (χ0) is 11.1. The summed E-state index contributed by atoms with van der Waals surface area (Å²) < 4.78 is 0. The zero-order valence-corrected chi connectivity index (χ0v) is 8.73. The van der Waals surface area contributed by atoms with Gasteiger partial charge in [-0.05, 0) is 12.5 Å². The summed E-state index contributed by atoms with van der Waals surface area (Å²) in [7, 11) is 0. The largest absolute Gasteiger partial charge is 0.392 e. The van der Waals surface area contributed by atoms with Crippen molar-refractivity contribution in [3.63, 3.8) is 0 Å². The number of nitrogens with one attached hydrogen (secondary N) is 2. The second kappa shape index (κ2) is 6.03. The van der Waals surface area contributed by atoms with Crippen LogP contribution >= 0.6 is 0 Å². The van der Waals surface area contributed by atoms with Gasteiger partial charge in [0.2, 0.25) is 0 Å². The van der Waals surface area contributed by atoms with Crippen LogP contribution in [0.1, 0.15) is 12.5 Å². The van der Waals surface area contributed by atoms with E-state index in [-0.39, 0.29) is 12.6 Å². The summed E-state index contributed by atoms with van der Waals surface area (Å²) in [5.41, 5.74) is 1.05. The van der Waals surface area contributed by atoms with Gasteiger partial charge in [-0.1, -0.05) is 30.3 Å². The molecular formula is C11H16N2O2. The number of carbonyl (C=O) groups is 1. The molecular weight excluding hydrogens is 192 g/mol. The van der Waals surface area contributed by atoms with Crippen molar-refractivity contribution in [2.45, 2.75) is 19.6 Å². The molecule has 1 aromatic rings. The highest BCUT2D eigenvalue weighted by molar-refractivity contribution is 5.73. The summed E-state index contributed by atoms with van der Waals surface area (Å²) in [6.07, 6.45) is -0.521. The molecule has 0 bridgehead atoms. The van der Waals surface area contributed by atoms with Gasteiger partial charge < -0.3 is 15.7 Å². The molecule has 4 heteroatoms. The first-order chi connectivity index (χ1) is 7.18. The smallest absolute Gasteiger partial charge is 0.315 e. The fraction of sp³-hybridized carbons (Fsp3) is 0.364. The van der Waals surface area contributed by atoms with Crippen molar-refractivity contribution in [2.75, 3.05) is 6.54 Å². The Balaban J connectivity index is 2.23. The Kier molecular flexibility index (Phi) is 4.63. The number of carbonyl (C=O) groups excluding carboxylic acids is 1. The molecule has 0 aliphatic carbocycles. The molecule has 0 radical (unpaired) electrons. The van der Waals surface area contributed by atoms with E-state index in [1.165, 1.54) is 0 Å². The van der Waals surface area contributed by atoms with E-state index in [9.17, 15) is 4.79 Å². The number of aliphatic hydroxyl groups is 1. The number of benzene rings is 1. The van der Waals surface area contributed by atoms with Crippen LogP contribution < -0.4 is 10.6 Å². The Hall–Kier alpha value is -1.55. The Morgan fingerprint density at radius 3 is 2.60 bits per heavy atom. The summed E-state index contributed by atoms with van der Waals surface area (Å²) in [5.74, 6) is 0. The Labute approximate surface area is 89.3 Å². The standard InChI is InChI=1S/C11H16N2O2/c1-9(14)7-12-11(15)13-8-10-5-3-2-4-6-10/h2-6,9,14H,7-8H2,1H3,(H2,12,13,15)/t9-/m0/s1. The SMILES string of the molecule is C[C@H](O)CNC(=O)NCc1ccccc1. The second-order valence-electron chi connectivity index (χ2n) is 3.40. The van der Waals surface area contributed by atoms with Crippen molar-refractivity contribution in [3.05, 3.63) is 35.9 Å². The van der Waals surface area contributed by atoms with Crippen LogP contribution in [0, 0.1) is 0 Å². The first-order valence-electron chi connectivity index (χ1n) is 4.92. The van der Waals surface area contributed by atoms with Crippen molar-refractivity contribution >= 4 is 6.03 Å². The number of aliphatic hydroxyl groups excluding tert-OH is 1. The van der Waals surface area contributed by atoms with Crippen LogP contribution in [0.25, 0.3) is 0 Å². The zero-order valence-electron chi connectivity index (χ0n) is 8.73. The molecule has 3 N–H and O–H groups in total. The molecule has 1 atom stereocenters. The third-order valence-electron chi connectivity index (χ3n) is 1.85. The van der Waals surface area contributed by atoms with E-state index >= 15 is 0 Å². The maximum absolute atomic E-state index is 11.2. The average molecular weight is 208 g/mol. The quantitative estimate of drug-likeness (QED) is 0.687. The third kappa shape index (κ3) is 5.02. The maximum atomic E-state index is 11.2. The van der Waals surface area contributed by atoms with Gasteiger partial charge in [-0.15, -0.1) is 0 Å². The molecule has 0 heterocycles. The molecule has 82 valence electrons. The van der Waals surface area contributed by atoms with Crippen LogP contribution in [-0.2, 0) is 6.54 Å². The van der Waals surface area contributed by atoms with E-state index in [2.05, 4.69) is 10.6 Å². The van der Waals surface area contributed by atoms with Crippen LogP contribution in [0.15, 0.2) is 30.3 Å². The van der Waals surface area contributed by atoms with Crippen LogP contribution in [0.5, 0.6) is 0 Å². The Morgan fingerprint density at radius 1 is 1.33 bits per heavy atom. The molecule has 0 spiro atoms. The normalized spacial score (nSPS) is 11.9. The summed E-state index contributed by atoms with van der Waals surface area (Å²) in [6, 6.07) is 9.39. The Bertz CT molecular complexity index is 299. The number of rotatable bonds is 4. The van der Waals surface area contributed by atoms with Gasteiger partial charge in [0.25, 0.3) is 0 Å². The molecule has 4 nitrogen and oxygen atoms in total. The highest BCUT2D eigenvalue weighted by atomic mass is 16.3. The fourth-order valence-electron chi connectivity index (χ4n) is 1.08. The van der Waals surface area contributed by atoms with Gasteiger partial charge in [0.15, 0.2) is 0 Å². The van der Waals surface area contributed by atoms with Crippen molar-refractivity contribution in [1.82, 2.24) is 10.6 Å². The molecule has 1 aromatic carbocycles. The lowest BCUT2D eigenvalue weighted by Crippen LogP contribution is -2.38. The van der Waals surface area contributed by atoms with Gasteiger partial charge in [0.1, 0.15) is 0 Å². The van der Waals surface area contributed by atoms with Gasteiger partial charge >= 0.3 is 6.03 Å². The second-order valence-corrected chi connectivity index (χ2v) is 3.40. The minimum absolute atomic E-state index is 0.264. The highest BCUT2D eigenvalue weighted by Crippen LogP contribution is 1.96. The molecule has 0 aliphatic heterocycles. The number of hydrogen-bond acceptors (Lipinski definition) is 2. The average Bonchev–Trinajstić information content (AvgIpc) is 2.25. The highest BCUT2D eigenvalue weighted by Gasteiger charge is 2.01. The monoisotopic (exact) mass is 208 g/mol. The van der Waals surface area contributed by atoms with Crippen LogP contribution in [0.2, 0.25) is 0 Å². The van der Waals surface area contributed by atoms with E-state index < -0.39 is 6.10 Å². The van der Waals surface area contributed by atoms with Gasteiger partial charge in [-0.3, -0.25) is 0 Å². The lowest BCUT2D eigenvalue weighted by atomic mass is 10.2. The van der Waals surface area contributed by atoms with E-state index in [0.29, 0.717) is 6.54 Å². The van der Waals surface area contributed by atoms with Gasteiger partial charge in [0, 0.05) is 13.1 Å². The van der Waals surface area contributed by atoms with Gasteiger partial charge in [-0.25, -0.2) is 4.79 Å². The molecule has 0 fully saturated rings. The first-order valence-corrected chi connectivity index (χ1v) is 4.92. The minimum atomic E-state index is -0.521. The predicted molar refractivity (Wildman–Crippen MR) is 58.4 cm³/mol. The number of hydrogen-bond donors (Lipinski definition) is 3. The molecule has 0 unspecified atom stereocenters. The molecule has 0 saturated heterocycles.